The summed E-state index contributed by atoms with van der Waals surface area (Å²) < 4.78 is 11.5. The number of pyridine rings is 1. The van der Waals surface area contributed by atoms with E-state index in [4.69, 9.17) is 0 Å². The fourth-order valence-electron chi connectivity index (χ4n) is 1.55. The van der Waals surface area contributed by atoms with Crippen molar-refractivity contribution in [3.8, 4) is 0 Å². The Kier molecular flexibility index (Phi) is 8.35. The highest BCUT2D eigenvalue weighted by Crippen LogP contribution is 2.11. The van der Waals surface area contributed by atoms with E-state index < -0.39 is 0 Å². The highest BCUT2D eigenvalue weighted by molar-refractivity contribution is 5.99. The van der Waals surface area contributed by atoms with Gasteiger partial charge in [-0.15, -0.1) is 5.65 Å². The number of hydrogen-bond donors (Lipinski definition) is 3. The Morgan fingerprint density at radius 3 is 2.48 bits per heavy atom. The van der Waals surface area contributed by atoms with Crippen molar-refractivity contribution in [3.05, 3.63) is 54.2 Å². The predicted molar refractivity (Wildman–Crippen MR) is 87.5 cm³/mol. The predicted octanol–water partition coefficient (Wildman–Crippen LogP) is 4.09. The van der Waals surface area contributed by atoms with Crippen molar-refractivity contribution in [1.82, 2.24) is 10.6 Å². The molecule has 0 fully saturated rings. The normalized spacial score (nSPS) is 9.70. The van der Waals surface area contributed by atoms with Crippen LogP contribution >= 0.6 is 0 Å². The highest BCUT2D eigenvalue weighted by atomic mass is 19.2. The maximum absolute atomic E-state index is 11.7. The van der Waals surface area contributed by atoms with Gasteiger partial charge in [0.1, 0.15) is 5.82 Å². The zero-order valence-electron chi connectivity index (χ0n) is 13.0. The Hall–Kier alpha value is -3.03. The number of halogens is 1. The Morgan fingerprint density at radius 1 is 1.13 bits per heavy atom. The molecule has 0 spiro atoms. The molecule has 1 aromatic carbocycles. The van der Waals surface area contributed by atoms with E-state index >= 15 is 0 Å². The molecule has 0 bridgehead atoms. The van der Waals surface area contributed by atoms with Crippen LogP contribution in [-0.2, 0) is 6.54 Å². The maximum Gasteiger partial charge on any atom is 0.324 e. The zero-order chi connectivity index (χ0) is 16.9. The van der Waals surface area contributed by atoms with Gasteiger partial charge in [0.05, 0.1) is 6.54 Å². The Morgan fingerprint density at radius 2 is 1.87 bits per heavy atom. The van der Waals surface area contributed by atoms with Crippen molar-refractivity contribution in [2.24, 2.45) is 10.3 Å². The van der Waals surface area contributed by atoms with Gasteiger partial charge in [0.2, 0.25) is 0 Å². The van der Waals surface area contributed by atoms with Crippen LogP contribution in [0, 0.1) is 0 Å². The van der Waals surface area contributed by atoms with Crippen LogP contribution in [0.25, 0.3) is 0 Å². The van der Waals surface area contributed by atoms with Crippen LogP contribution in [0.2, 0.25) is 0 Å². The molecule has 0 unspecified atom stereocenters. The van der Waals surface area contributed by atoms with E-state index in [1.165, 1.54) is 0 Å². The van der Waals surface area contributed by atoms with E-state index in [0.29, 0.717) is 11.5 Å². The summed E-state index contributed by atoms with van der Waals surface area (Å²) in [5, 5.41) is 11.8. The molecule has 8 heteroatoms. The van der Waals surface area contributed by atoms with Crippen LogP contribution in [0.5, 0.6) is 0 Å². The van der Waals surface area contributed by atoms with Gasteiger partial charge in [0, 0.05) is 11.9 Å². The monoisotopic (exact) mass is 318 g/mol. The Labute approximate surface area is 134 Å². The minimum Gasteiger partial charge on any atom is -0.308 e. The van der Waals surface area contributed by atoms with E-state index in [2.05, 4.69) is 26.0 Å². The summed E-state index contributed by atoms with van der Waals surface area (Å²) in [6.07, 6.45) is 1.59. The van der Waals surface area contributed by atoms with Gasteiger partial charge in [-0.25, -0.2) is 9.78 Å². The average Bonchev–Trinajstić information content (AvgIpc) is 2.59. The fourth-order valence-corrected chi connectivity index (χ4v) is 1.55. The van der Waals surface area contributed by atoms with Crippen molar-refractivity contribution < 1.29 is 9.28 Å². The first-order valence-electron chi connectivity index (χ1n) is 7.08. The van der Waals surface area contributed by atoms with E-state index in [1.807, 2.05) is 13.8 Å². The van der Waals surface area contributed by atoms with Crippen LogP contribution in [0.3, 0.4) is 0 Å². The molecule has 0 saturated carbocycles. The number of anilines is 2. The molecule has 2 aromatic rings. The molecule has 0 aliphatic heterocycles. The summed E-state index contributed by atoms with van der Waals surface area (Å²) >= 11 is 0. The van der Waals surface area contributed by atoms with Crippen molar-refractivity contribution >= 4 is 17.5 Å². The van der Waals surface area contributed by atoms with Gasteiger partial charge in [-0.05, 0) is 35.1 Å². The lowest BCUT2D eigenvalue weighted by Gasteiger charge is -2.07. The number of nitrogens with zero attached hydrogens (tertiary/aromatic N) is 3. The minimum absolute atomic E-state index is 0.247. The minimum atomic E-state index is -0.386. The summed E-state index contributed by atoms with van der Waals surface area (Å²) in [6, 6.07) is 11.8. The molecule has 3 N–H and O–H groups in total. The van der Waals surface area contributed by atoms with Crippen molar-refractivity contribution in [3.63, 3.8) is 0 Å². The first-order chi connectivity index (χ1) is 11.3. The van der Waals surface area contributed by atoms with Crippen LogP contribution in [0.4, 0.5) is 20.8 Å². The molecule has 122 valence electrons. The molecule has 0 aliphatic rings. The second-order valence-electron chi connectivity index (χ2n) is 3.98. The maximum atomic E-state index is 11.7. The van der Waals surface area contributed by atoms with E-state index in [0.717, 1.165) is 11.2 Å². The summed E-state index contributed by atoms with van der Waals surface area (Å²) in [7, 11) is 0. The third kappa shape index (κ3) is 6.98. The number of carbonyl (C=O) groups is 1. The molecule has 0 radical (unpaired) electrons. The lowest BCUT2D eigenvalue weighted by molar-refractivity contribution is 0.262. The number of urea groups is 1. The third-order valence-corrected chi connectivity index (χ3v) is 2.48. The van der Waals surface area contributed by atoms with Gasteiger partial charge in [-0.2, -0.15) is 5.11 Å². The lowest BCUT2D eigenvalue weighted by Crippen LogP contribution is -2.19. The molecule has 23 heavy (non-hydrogen) atoms. The first kappa shape index (κ1) is 18.0. The summed E-state index contributed by atoms with van der Waals surface area (Å²) in [5.74, 6) is 0.464. The smallest absolute Gasteiger partial charge is 0.308 e. The van der Waals surface area contributed by atoms with Gasteiger partial charge in [-0.3, -0.25) is 5.32 Å². The second kappa shape index (κ2) is 10.7. The van der Waals surface area contributed by atoms with Gasteiger partial charge >= 0.3 is 6.03 Å². The largest absolute Gasteiger partial charge is 0.324 e. The quantitative estimate of drug-likeness (QED) is 0.440. The topological polar surface area (TPSA) is 90.8 Å². The number of hydrogen-bond acceptors (Lipinski definition) is 4. The van der Waals surface area contributed by atoms with Crippen LogP contribution in [0.15, 0.2) is 59.0 Å². The number of rotatable bonds is 5. The second-order valence-corrected chi connectivity index (χ2v) is 3.98. The molecule has 0 saturated heterocycles. The van der Waals surface area contributed by atoms with Crippen molar-refractivity contribution in [2.45, 2.75) is 20.4 Å². The Bertz CT molecular complexity index is 603. The van der Waals surface area contributed by atoms with Gasteiger partial charge in [-0.1, -0.05) is 36.5 Å². The van der Waals surface area contributed by atoms with Crippen molar-refractivity contribution in [1.29, 1.82) is 0 Å². The van der Waals surface area contributed by atoms with E-state index in [1.54, 1.807) is 48.7 Å². The molecular formula is C15H19FN6O. The van der Waals surface area contributed by atoms with Gasteiger partial charge < -0.3 is 5.32 Å². The molecule has 0 atom stereocenters. The number of benzene rings is 1. The average molecular weight is 318 g/mol. The molecule has 0 aliphatic carbocycles. The first-order valence-corrected chi connectivity index (χ1v) is 7.08. The molecule has 1 aromatic heterocycles. The number of carbonyl (C=O) groups excluding carboxylic acids is 1. The van der Waals surface area contributed by atoms with Crippen molar-refractivity contribution in [2.75, 3.05) is 10.6 Å². The molecule has 7 nitrogen and oxygen atoms in total. The van der Waals surface area contributed by atoms with Gasteiger partial charge in [0.15, 0.2) is 0 Å². The molecular weight excluding hydrogens is 299 g/mol. The van der Waals surface area contributed by atoms with Crippen LogP contribution in [-0.4, -0.2) is 11.0 Å². The van der Waals surface area contributed by atoms with E-state index in [-0.39, 0.29) is 12.6 Å². The molecule has 1 heterocycles. The highest BCUT2D eigenvalue weighted by Gasteiger charge is 2.02. The van der Waals surface area contributed by atoms with Crippen LogP contribution in [0.1, 0.15) is 19.4 Å². The SMILES string of the molecule is CC.O=C(Nc1ccc(CN=NNF)cc1)Nc1ccccn1. The summed E-state index contributed by atoms with van der Waals surface area (Å²) in [4.78, 5) is 15.7. The number of aromatic nitrogens is 1. The number of amides is 2. The number of nitrogens with one attached hydrogen (secondary N) is 3. The molecule has 2 amide bonds. The standard InChI is InChI=1S/C13H13FN6O.C2H6/c14-19-20-16-9-10-4-6-11(7-5-10)17-13(21)18-12-3-1-2-8-15-12;1-2/h1-8H,9H2,(H,16,19)(H2,15,17,18,21);1-2H3. The third-order valence-electron chi connectivity index (χ3n) is 2.48. The lowest BCUT2D eigenvalue weighted by atomic mass is 10.2. The Balaban J connectivity index is 0.00000127. The van der Waals surface area contributed by atoms with Crippen LogP contribution < -0.4 is 16.3 Å². The summed E-state index contributed by atoms with van der Waals surface area (Å²) in [6.45, 7) is 4.25. The fraction of sp³-hybridized carbons (Fsp3) is 0.200. The molecule has 2 rings (SSSR count). The van der Waals surface area contributed by atoms with Gasteiger partial charge in [0.25, 0.3) is 0 Å². The zero-order valence-corrected chi connectivity index (χ0v) is 13.0. The van der Waals surface area contributed by atoms with E-state index in [9.17, 15) is 9.28 Å². The summed E-state index contributed by atoms with van der Waals surface area (Å²) in [5.41, 5.74) is 2.54.